The molecule has 7 heteroatoms. The molecule has 172 valence electrons. The van der Waals surface area contributed by atoms with Crippen LogP contribution in [0.25, 0.3) is 0 Å². The van der Waals surface area contributed by atoms with Gasteiger partial charge in [-0.15, -0.1) is 0 Å². The first-order valence-electron chi connectivity index (χ1n) is 11.2. The Bertz CT molecular complexity index is 934. The lowest BCUT2D eigenvalue weighted by molar-refractivity contribution is -0.141. The summed E-state index contributed by atoms with van der Waals surface area (Å²) in [6.45, 7) is 5.12. The molecule has 0 fully saturated rings. The minimum Gasteiger partial charge on any atom is -0.454 e. The second-order valence-corrected chi connectivity index (χ2v) is 8.28. The third-order valence-electron chi connectivity index (χ3n) is 5.58. The first-order valence-corrected chi connectivity index (χ1v) is 11.6. The van der Waals surface area contributed by atoms with E-state index < -0.39 is 6.04 Å². The van der Waals surface area contributed by atoms with Crippen molar-refractivity contribution in [2.24, 2.45) is 0 Å². The van der Waals surface area contributed by atoms with Crippen molar-refractivity contribution in [3.8, 4) is 11.5 Å². The minimum atomic E-state index is -0.549. The minimum absolute atomic E-state index is 0.0833. The van der Waals surface area contributed by atoms with E-state index in [9.17, 15) is 9.59 Å². The number of hydrogen-bond acceptors (Lipinski definition) is 4. The molecule has 1 aliphatic rings. The second-order valence-electron chi connectivity index (χ2n) is 7.87. The zero-order valence-electron chi connectivity index (χ0n) is 18.7. The second kappa shape index (κ2) is 11.8. The maximum Gasteiger partial charge on any atom is 0.242 e. The summed E-state index contributed by atoms with van der Waals surface area (Å²) in [4.78, 5) is 27.9. The summed E-state index contributed by atoms with van der Waals surface area (Å²) in [6.07, 6.45) is 3.25. The molecule has 3 rings (SSSR count). The van der Waals surface area contributed by atoms with E-state index in [0.717, 1.165) is 29.7 Å². The van der Waals surface area contributed by atoms with Crippen molar-refractivity contribution in [1.29, 1.82) is 0 Å². The lowest BCUT2D eigenvalue weighted by Gasteiger charge is -2.31. The van der Waals surface area contributed by atoms with E-state index in [1.165, 1.54) is 0 Å². The summed E-state index contributed by atoms with van der Waals surface area (Å²) in [5, 5.41) is 3.56. The van der Waals surface area contributed by atoms with Gasteiger partial charge in [-0.2, -0.15) is 0 Å². The van der Waals surface area contributed by atoms with E-state index in [1.807, 2.05) is 43.3 Å². The normalized spacial score (nSPS) is 13.0. The highest BCUT2D eigenvalue weighted by Crippen LogP contribution is 2.33. The number of amides is 2. The highest BCUT2D eigenvalue weighted by molar-refractivity contribution is 6.31. The number of fused-ring (bicyclic) bond motifs is 1. The molecule has 2 amide bonds. The highest BCUT2D eigenvalue weighted by Gasteiger charge is 2.28. The Morgan fingerprint density at radius 3 is 2.66 bits per heavy atom. The van der Waals surface area contributed by atoms with E-state index in [4.69, 9.17) is 21.1 Å². The molecule has 2 aromatic rings. The van der Waals surface area contributed by atoms with Crippen LogP contribution in [0, 0.1) is 0 Å². The number of nitrogens with zero attached hydrogens (tertiary/aromatic N) is 1. The van der Waals surface area contributed by atoms with Crippen molar-refractivity contribution < 1.29 is 19.1 Å². The molecule has 1 atom stereocenters. The molecule has 0 unspecified atom stereocenters. The summed E-state index contributed by atoms with van der Waals surface area (Å²) in [5.41, 5.74) is 1.81. The quantitative estimate of drug-likeness (QED) is 0.494. The van der Waals surface area contributed by atoms with E-state index in [0.29, 0.717) is 36.7 Å². The molecule has 0 spiro atoms. The van der Waals surface area contributed by atoms with Gasteiger partial charge in [0, 0.05) is 24.5 Å². The average molecular weight is 459 g/mol. The maximum atomic E-state index is 13.3. The number of carbonyl (C=O) groups excluding carboxylic acids is 2. The van der Waals surface area contributed by atoms with Gasteiger partial charge in [-0.3, -0.25) is 9.59 Å². The van der Waals surface area contributed by atoms with Crippen LogP contribution in [0.15, 0.2) is 42.5 Å². The Balaban J connectivity index is 1.74. The van der Waals surface area contributed by atoms with E-state index in [1.54, 1.807) is 11.0 Å². The van der Waals surface area contributed by atoms with Gasteiger partial charge in [0.05, 0.1) is 0 Å². The molecule has 0 aromatic heterocycles. The van der Waals surface area contributed by atoms with Crippen LogP contribution < -0.4 is 14.8 Å². The number of halogens is 1. The van der Waals surface area contributed by atoms with Gasteiger partial charge < -0.3 is 19.7 Å². The van der Waals surface area contributed by atoms with Crippen LogP contribution in [0.5, 0.6) is 11.5 Å². The standard InChI is InChI=1S/C25H31ClN2O4/c1-3-5-14-27-25(30)21(4-2)28(16-19-8-6-7-9-20(19)26)24(29)13-11-18-10-12-22-23(15-18)32-17-31-22/h6-10,12,15,21H,3-5,11,13-14,16-17H2,1-2H3,(H,27,30)/t21-/m1/s1. The summed E-state index contributed by atoms with van der Waals surface area (Å²) in [6, 6.07) is 12.6. The fraction of sp³-hybridized carbons (Fsp3) is 0.440. The average Bonchev–Trinajstić information content (AvgIpc) is 3.26. The van der Waals surface area contributed by atoms with Crippen LogP contribution in [0.1, 0.15) is 50.7 Å². The molecule has 0 bridgehead atoms. The number of nitrogens with one attached hydrogen (secondary N) is 1. The van der Waals surface area contributed by atoms with Gasteiger partial charge in [0.15, 0.2) is 11.5 Å². The smallest absolute Gasteiger partial charge is 0.242 e. The van der Waals surface area contributed by atoms with Crippen molar-refractivity contribution in [2.45, 2.75) is 58.5 Å². The monoisotopic (exact) mass is 458 g/mol. The van der Waals surface area contributed by atoms with Crippen LogP contribution in [-0.4, -0.2) is 36.1 Å². The molecule has 0 aliphatic carbocycles. The predicted octanol–water partition coefficient (Wildman–Crippen LogP) is 4.73. The van der Waals surface area contributed by atoms with Gasteiger partial charge in [-0.05, 0) is 48.6 Å². The first-order chi connectivity index (χ1) is 15.5. The van der Waals surface area contributed by atoms with Crippen LogP contribution in [0.2, 0.25) is 5.02 Å². The largest absolute Gasteiger partial charge is 0.454 e. The Kier molecular flexibility index (Phi) is 8.80. The molecular weight excluding hydrogens is 428 g/mol. The molecule has 32 heavy (non-hydrogen) atoms. The summed E-state index contributed by atoms with van der Waals surface area (Å²) in [7, 11) is 0. The number of rotatable bonds is 11. The van der Waals surface area contributed by atoms with Gasteiger partial charge in [0.25, 0.3) is 0 Å². The van der Waals surface area contributed by atoms with Crippen molar-refractivity contribution in [3.05, 3.63) is 58.6 Å². The first kappa shape index (κ1) is 23.9. The number of carbonyl (C=O) groups is 2. The molecule has 2 aromatic carbocycles. The molecule has 0 saturated heterocycles. The summed E-state index contributed by atoms with van der Waals surface area (Å²) < 4.78 is 10.8. The zero-order valence-corrected chi connectivity index (χ0v) is 19.5. The molecule has 1 heterocycles. The molecule has 0 saturated carbocycles. The topological polar surface area (TPSA) is 67.9 Å². The number of benzene rings is 2. The van der Waals surface area contributed by atoms with E-state index in [-0.39, 0.29) is 25.0 Å². The van der Waals surface area contributed by atoms with Gasteiger partial charge >= 0.3 is 0 Å². The van der Waals surface area contributed by atoms with Crippen molar-refractivity contribution >= 4 is 23.4 Å². The van der Waals surface area contributed by atoms with Crippen LogP contribution in [0.3, 0.4) is 0 Å². The van der Waals surface area contributed by atoms with Gasteiger partial charge in [0.1, 0.15) is 6.04 Å². The lowest BCUT2D eigenvalue weighted by Crippen LogP contribution is -2.49. The number of aryl methyl sites for hydroxylation is 1. The summed E-state index contributed by atoms with van der Waals surface area (Å²) in [5.74, 6) is 1.21. The number of unbranched alkanes of at least 4 members (excludes halogenated alkanes) is 1. The fourth-order valence-electron chi connectivity index (χ4n) is 3.73. The third-order valence-corrected chi connectivity index (χ3v) is 5.95. The van der Waals surface area contributed by atoms with Gasteiger partial charge in [0.2, 0.25) is 18.6 Å². The molecular formula is C25H31ClN2O4. The predicted molar refractivity (Wildman–Crippen MR) is 125 cm³/mol. The third kappa shape index (κ3) is 6.16. The Labute approximate surface area is 194 Å². The molecule has 0 radical (unpaired) electrons. The van der Waals surface area contributed by atoms with E-state index in [2.05, 4.69) is 12.2 Å². The molecule has 6 nitrogen and oxygen atoms in total. The Hall–Kier alpha value is -2.73. The molecule has 1 aliphatic heterocycles. The SMILES string of the molecule is CCCCNC(=O)[C@@H](CC)N(Cc1ccccc1Cl)C(=O)CCc1ccc2c(c1)OCO2. The summed E-state index contributed by atoms with van der Waals surface area (Å²) >= 11 is 6.37. The number of ether oxygens (including phenoxy) is 2. The van der Waals surface area contributed by atoms with Crippen LogP contribution >= 0.6 is 11.6 Å². The fourth-order valence-corrected chi connectivity index (χ4v) is 3.92. The highest BCUT2D eigenvalue weighted by atomic mass is 35.5. The lowest BCUT2D eigenvalue weighted by atomic mass is 10.1. The van der Waals surface area contributed by atoms with E-state index >= 15 is 0 Å². The van der Waals surface area contributed by atoms with Crippen molar-refractivity contribution in [1.82, 2.24) is 10.2 Å². The molecule has 1 N–H and O–H groups in total. The Morgan fingerprint density at radius 1 is 1.12 bits per heavy atom. The van der Waals surface area contributed by atoms with Crippen molar-refractivity contribution in [2.75, 3.05) is 13.3 Å². The zero-order chi connectivity index (χ0) is 22.9. The van der Waals surface area contributed by atoms with Gasteiger partial charge in [-0.25, -0.2) is 0 Å². The number of hydrogen-bond donors (Lipinski definition) is 1. The maximum absolute atomic E-state index is 13.3. The Morgan fingerprint density at radius 2 is 1.91 bits per heavy atom. The van der Waals surface area contributed by atoms with Crippen molar-refractivity contribution in [3.63, 3.8) is 0 Å². The van der Waals surface area contributed by atoms with Crippen LogP contribution in [-0.2, 0) is 22.6 Å². The van der Waals surface area contributed by atoms with Gasteiger partial charge in [-0.1, -0.05) is 56.1 Å². The van der Waals surface area contributed by atoms with Crippen LogP contribution in [0.4, 0.5) is 0 Å².